The zero-order chi connectivity index (χ0) is 6.41. The quantitative estimate of drug-likeness (QED) is 0.499. The van der Waals surface area contributed by atoms with Crippen LogP contribution in [0.2, 0.25) is 0 Å². The van der Waals surface area contributed by atoms with E-state index in [4.69, 9.17) is 0 Å². The van der Waals surface area contributed by atoms with Gasteiger partial charge in [-0.1, -0.05) is 0 Å². The summed E-state index contributed by atoms with van der Waals surface area (Å²) in [6, 6.07) is 0. The predicted octanol–water partition coefficient (Wildman–Crippen LogP) is 2.09. The van der Waals surface area contributed by atoms with Crippen molar-refractivity contribution >= 4 is 43.2 Å². The number of hydrogen-bond acceptors (Lipinski definition) is 2. The summed E-state index contributed by atoms with van der Waals surface area (Å²) in [7, 11) is 0. The number of hydrogen-bond donors (Lipinski definition) is 0. The summed E-state index contributed by atoms with van der Waals surface area (Å²) in [5.41, 5.74) is 0. The lowest BCUT2D eigenvalue weighted by Crippen LogP contribution is -1.88. The Hall–Kier alpha value is 0.930. The van der Waals surface area contributed by atoms with E-state index in [0.29, 0.717) is 13.0 Å². The Bertz CT molecular complexity index is 66.4. The van der Waals surface area contributed by atoms with Gasteiger partial charge in [-0.25, -0.2) is 0 Å². The van der Waals surface area contributed by atoms with Crippen LogP contribution in [-0.2, 0) is 9.53 Å². The van der Waals surface area contributed by atoms with Gasteiger partial charge in [-0.3, -0.25) is 4.79 Å². The maximum Gasteiger partial charge on any atom is 0.305 e. The summed E-state index contributed by atoms with van der Waals surface area (Å²) in [4.78, 5) is 10.0. The number of rotatable bonds is 0. The van der Waals surface area contributed by atoms with Gasteiger partial charge in [-0.2, -0.15) is 0 Å². The minimum Gasteiger partial charge on any atom is -0.466 e. The molecular formula is C4H6I2O2. The first-order chi connectivity index (χ1) is 3.89. The molecule has 1 fully saturated rings. The SMILES string of the molecule is II.O=C1CCCO1. The van der Waals surface area contributed by atoms with Gasteiger partial charge in [0.15, 0.2) is 0 Å². The number of halogens is 2. The molecule has 0 aromatic carbocycles. The zero-order valence-corrected chi connectivity index (χ0v) is 8.51. The highest BCUT2D eigenvalue weighted by atomic mass is 128. The van der Waals surface area contributed by atoms with Crippen LogP contribution in [0.1, 0.15) is 12.8 Å². The van der Waals surface area contributed by atoms with Gasteiger partial charge in [0.1, 0.15) is 0 Å². The summed E-state index contributed by atoms with van der Waals surface area (Å²) in [5, 5.41) is 0. The molecule has 0 N–H and O–H groups in total. The van der Waals surface area contributed by atoms with Crippen molar-refractivity contribution in [3.05, 3.63) is 0 Å². The molecule has 0 unspecified atom stereocenters. The van der Waals surface area contributed by atoms with Crippen molar-refractivity contribution in [1.29, 1.82) is 0 Å². The van der Waals surface area contributed by atoms with Gasteiger partial charge in [-0.05, 0) is 6.42 Å². The molecule has 0 radical (unpaired) electrons. The second-order valence-corrected chi connectivity index (χ2v) is 1.32. The molecule has 1 aliphatic heterocycles. The van der Waals surface area contributed by atoms with Gasteiger partial charge < -0.3 is 4.74 Å². The topological polar surface area (TPSA) is 26.3 Å². The minimum atomic E-state index is -0.0463. The number of carbonyl (C=O) groups is 1. The van der Waals surface area contributed by atoms with Crippen molar-refractivity contribution in [2.24, 2.45) is 0 Å². The van der Waals surface area contributed by atoms with Crippen LogP contribution in [0.3, 0.4) is 0 Å². The van der Waals surface area contributed by atoms with Gasteiger partial charge in [0, 0.05) is 43.7 Å². The third-order valence-electron chi connectivity index (χ3n) is 0.788. The summed E-state index contributed by atoms with van der Waals surface area (Å²) in [6.07, 6.45) is 1.54. The van der Waals surface area contributed by atoms with E-state index in [1.807, 2.05) is 0 Å². The van der Waals surface area contributed by atoms with Crippen LogP contribution in [0.4, 0.5) is 0 Å². The van der Waals surface area contributed by atoms with Crippen LogP contribution in [-0.4, -0.2) is 12.6 Å². The van der Waals surface area contributed by atoms with E-state index < -0.39 is 0 Å². The lowest BCUT2D eigenvalue weighted by atomic mass is 10.4. The summed E-state index contributed by atoms with van der Waals surface area (Å²) >= 11 is 4.24. The molecule has 1 saturated heterocycles. The third-order valence-corrected chi connectivity index (χ3v) is 0.788. The van der Waals surface area contributed by atoms with Crippen molar-refractivity contribution in [2.75, 3.05) is 6.61 Å². The summed E-state index contributed by atoms with van der Waals surface area (Å²) in [6.45, 7) is 0.638. The number of carbonyl (C=O) groups excluding carboxylic acids is 1. The van der Waals surface area contributed by atoms with Gasteiger partial charge in [-0.15, -0.1) is 0 Å². The third kappa shape index (κ3) is 3.88. The van der Waals surface area contributed by atoms with Crippen LogP contribution in [0.15, 0.2) is 0 Å². The first-order valence-electron chi connectivity index (χ1n) is 2.19. The molecular weight excluding hydrogens is 334 g/mol. The molecule has 0 aromatic rings. The van der Waals surface area contributed by atoms with Crippen molar-refractivity contribution in [3.63, 3.8) is 0 Å². The Kier molecular flexibility index (Phi) is 6.76. The highest BCUT2D eigenvalue weighted by Crippen LogP contribution is 2.01. The predicted molar refractivity (Wildman–Crippen MR) is 48.2 cm³/mol. The molecule has 0 saturated carbocycles. The van der Waals surface area contributed by atoms with Gasteiger partial charge in [0.2, 0.25) is 0 Å². The molecule has 1 heterocycles. The monoisotopic (exact) mass is 340 g/mol. The normalized spacial score (nSPS) is 16.5. The minimum absolute atomic E-state index is 0.0463. The summed E-state index contributed by atoms with van der Waals surface area (Å²) in [5.74, 6) is -0.0463. The molecule has 0 amide bonds. The van der Waals surface area contributed by atoms with E-state index in [1.54, 1.807) is 0 Å². The van der Waals surface area contributed by atoms with Crippen LogP contribution in [0, 0.1) is 0 Å². The van der Waals surface area contributed by atoms with Gasteiger partial charge >= 0.3 is 5.97 Å². The average Bonchev–Trinajstić information content (AvgIpc) is 2.24. The van der Waals surface area contributed by atoms with Crippen molar-refractivity contribution < 1.29 is 9.53 Å². The second kappa shape index (κ2) is 6.06. The average molecular weight is 340 g/mol. The maximum atomic E-state index is 10.0. The molecule has 0 aliphatic carbocycles. The van der Waals surface area contributed by atoms with E-state index in [1.165, 1.54) is 0 Å². The Morgan fingerprint density at radius 2 is 2.12 bits per heavy atom. The van der Waals surface area contributed by atoms with Crippen molar-refractivity contribution in [3.8, 4) is 0 Å². The van der Waals surface area contributed by atoms with Crippen LogP contribution >= 0.6 is 37.2 Å². The highest BCUT2D eigenvalue weighted by Gasteiger charge is 2.08. The number of cyclic esters (lactones) is 1. The van der Waals surface area contributed by atoms with E-state index in [-0.39, 0.29) is 5.97 Å². The lowest BCUT2D eigenvalue weighted by Gasteiger charge is -1.81. The fraction of sp³-hybridized carbons (Fsp3) is 0.750. The first kappa shape index (κ1) is 8.93. The molecule has 1 aliphatic rings. The van der Waals surface area contributed by atoms with E-state index >= 15 is 0 Å². The molecule has 0 aromatic heterocycles. The molecule has 8 heavy (non-hydrogen) atoms. The lowest BCUT2D eigenvalue weighted by molar-refractivity contribution is -0.137. The molecule has 0 spiro atoms. The van der Waals surface area contributed by atoms with Crippen LogP contribution in [0.25, 0.3) is 0 Å². The number of ether oxygens (including phenoxy) is 1. The van der Waals surface area contributed by atoms with Crippen LogP contribution in [0.5, 0.6) is 0 Å². The summed E-state index contributed by atoms with van der Waals surface area (Å²) < 4.78 is 4.51. The van der Waals surface area contributed by atoms with E-state index in [2.05, 4.69) is 42.0 Å². The molecule has 0 bridgehead atoms. The zero-order valence-electron chi connectivity index (χ0n) is 4.19. The Labute approximate surface area is 71.7 Å². The number of esters is 1. The molecule has 48 valence electrons. The standard InChI is InChI=1S/C4H6O2.I2/c5-4-2-1-3-6-4;1-2/h1-3H2;. The van der Waals surface area contributed by atoms with E-state index in [0.717, 1.165) is 6.42 Å². The first-order valence-corrected chi connectivity index (χ1v) is 8.48. The fourth-order valence-corrected chi connectivity index (χ4v) is 0.475. The van der Waals surface area contributed by atoms with Crippen molar-refractivity contribution in [2.45, 2.75) is 12.8 Å². The Morgan fingerprint density at radius 1 is 1.50 bits per heavy atom. The maximum absolute atomic E-state index is 10.0. The van der Waals surface area contributed by atoms with E-state index in [9.17, 15) is 4.79 Å². The van der Waals surface area contributed by atoms with Crippen LogP contribution < -0.4 is 0 Å². The van der Waals surface area contributed by atoms with Crippen molar-refractivity contribution in [1.82, 2.24) is 0 Å². The molecule has 1 rings (SSSR count). The van der Waals surface area contributed by atoms with Gasteiger partial charge in [0.05, 0.1) is 6.61 Å². The largest absolute Gasteiger partial charge is 0.466 e. The second-order valence-electron chi connectivity index (χ2n) is 1.32. The molecule has 0 atom stereocenters. The Morgan fingerprint density at radius 3 is 2.25 bits per heavy atom. The fourth-order valence-electron chi connectivity index (χ4n) is 0.475. The van der Waals surface area contributed by atoms with Gasteiger partial charge in [0.25, 0.3) is 0 Å². The smallest absolute Gasteiger partial charge is 0.305 e. The Balaban J connectivity index is 0.000000222. The molecule has 4 heteroatoms. The molecule has 2 nitrogen and oxygen atoms in total. The highest BCUT2D eigenvalue weighted by molar-refractivity contribution is 15.0.